The van der Waals surface area contributed by atoms with Gasteiger partial charge in [0.1, 0.15) is 0 Å². The Balaban J connectivity index is 1.28. The SMILES string of the molecule is Cc1ccc(C)c(-c2ccc3c(c2)c2cc(C(C)(C)C)cc4c5ccc6c(cc7c8ccc(-c9cc(C)ccc9C)cc8c8cc(C(C)(C)C)cc6c87)c5cc3c42)c1. The summed E-state index contributed by atoms with van der Waals surface area (Å²) in [6, 6.07) is 48.0. The first-order valence-electron chi connectivity index (χ1n) is 21.1. The summed E-state index contributed by atoms with van der Waals surface area (Å²) in [6.07, 6.45) is 0. The number of aryl methyl sites for hydroxylation is 4. The molecule has 0 amide bonds. The maximum absolute atomic E-state index is 2.54. The fourth-order valence-corrected chi connectivity index (χ4v) is 10.3. The fourth-order valence-electron chi connectivity index (χ4n) is 10.3. The summed E-state index contributed by atoms with van der Waals surface area (Å²) in [4.78, 5) is 0. The molecule has 0 heterocycles. The lowest BCUT2D eigenvalue weighted by atomic mass is 9.83. The Morgan fingerprint density at radius 2 is 0.586 bits per heavy atom. The van der Waals surface area contributed by atoms with E-state index in [0.717, 1.165) is 0 Å². The molecule has 0 nitrogen and oxygen atoms in total. The average molecular weight is 747 g/mol. The predicted molar refractivity (Wildman–Crippen MR) is 256 cm³/mol. The van der Waals surface area contributed by atoms with Crippen LogP contribution in [0.25, 0.3) is 108 Å². The molecule has 0 aliphatic heterocycles. The number of benzene rings is 9. The van der Waals surface area contributed by atoms with Crippen LogP contribution < -0.4 is 0 Å². The second-order valence-electron chi connectivity index (χ2n) is 19.7. The van der Waals surface area contributed by atoms with Gasteiger partial charge < -0.3 is 0 Å². The normalized spacial score (nSPS) is 13.0. The van der Waals surface area contributed by atoms with Crippen molar-refractivity contribution in [2.45, 2.75) is 80.1 Å². The van der Waals surface area contributed by atoms with Crippen molar-refractivity contribution in [2.24, 2.45) is 0 Å². The van der Waals surface area contributed by atoms with E-state index in [-0.39, 0.29) is 10.8 Å². The molecule has 58 heavy (non-hydrogen) atoms. The third kappa shape index (κ3) is 5.00. The summed E-state index contributed by atoms with van der Waals surface area (Å²) in [6.45, 7) is 23.0. The van der Waals surface area contributed by atoms with Gasteiger partial charge in [0.25, 0.3) is 0 Å². The largest absolute Gasteiger partial charge is 0.0590 e. The Morgan fingerprint density at radius 1 is 0.276 bits per heavy atom. The van der Waals surface area contributed by atoms with Crippen LogP contribution in [0.1, 0.15) is 74.9 Å². The van der Waals surface area contributed by atoms with Gasteiger partial charge in [-0.3, -0.25) is 0 Å². The number of hydrogen-bond donors (Lipinski definition) is 0. The van der Waals surface area contributed by atoms with E-state index in [1.165, 1.54) is 142 Å². The van der Waals surface area contributed by atoms with E-state index < -0.39 is 0 Å². The molecular weight excluding hydrogens is 697 g/mol. The highest BCUT2D eigenvalue weighted by molar-refractivity contribution is 6.40. The molecule has 0 atom stereocenters. The third-order valence-corrected chi connectivity index (χ3v) is 13.6. The number of rotatable bonds is 2. The highest BCUT2D eigenvalue weighted by atomic mass is 14.3. The molecular formula is C58H50. The Kier molecular flexibility index (Phi) is 7.16. The third-order valence-electron chi connectivity index (χ3n) is 13.6. The zero-order valence-electron chi connectivity index (χ0n) is 35.5. The molecule has 0 aliphatic carbocycles. The van der Waals surface area contributed by atoms with E-state index in [9.17, 15) is 0 Å². The van der Waals surface area contributed by atoms with Crippen molar-refractivity contribution in [1.29, 1.82) is 0 Å². The molecule has 0 saturated heterocycles. The minimum Gasteiger partial charge on any atom is -0.0590 e. The van der Waals surface area contributed by atoms with Crippen LogP contribution in [0.4, 0.5) is 0 Å². The van der Waals surface area contributed by atoms with Gasteiger partial charge in [0, 0.05) is 0 Å². The Hall–Kier alpha value is -5.98. The van der Waals surface area contributed by atoms with E-state index in [4.69, 9.17) is 0 Å². The highest BCUT2D eigenvalue weighted by Gasteiger charge is 2.25. The molecule has 11 aromatic carbocycles. The first-order valence-corrected chi connectivity index (χ1v) is 21.1. The van der Waals surface area contributed by atoms with Gasteiger partial charge in [0.15, 0.2) is 0 Å². The molecule has 0 saturated carbocycles. The molecule has 0 unspecified atom stereocenters. The van der Waals surface area contributed by atoms with Gasteiger partial charge in [0.05, 0.1) is 0 Å². The van der Waals surface area contributed by atoms with Crippen LogP contribution in [-0.4, -0.2) is 0 Å². The van der Waals surface area contributed by atoms with Gasteiger partial charge in [-0.25, -0.2) is 0 Å². The molecule has 0 spiro atoms. The molecule has 282 valence electrons. The standard InChI is InChI=1S/C58H50/c1-31-11-13-33(3)43(21-31)35-15-17-39-45(23-35)51-27-37(57(5,6)7)25-49-41-19-20-42-48(47(41)29-53(39)55(49)51)30-54-40-18-16-36(44-22-32(2)12-14-34(44)4)24-46(40)52-28-38(58(8,9)10)26-50(42)56(52)54/h11-30H,1-10H3. The zero-order valence-corrected chi connectivity index (χ0v) is 35.5. The first-order chi connectivity index (χ1) is 27.6. The van der Waals surface area contributed by atoms with Crippen LogP contribution >= 0.6 is 0 Å². The second-order valence-corrected chi connectivity index (χ2v) is 19.7. The monoisotopic (exact) mass is 746 g/mol. The van der Waals surface area contributed by atoms with Gasteiger partial charge >= 0.3 is 0 Å². The van der Waals surface area contributed by atoms with Crippen molar-refractivity contribution in [1.82, 2.24) is 0 Å². The topological polar surface area (TPSA) is 0 Å². The van der Waals surface area contributed by atoms with Crippen molar-refractivity contribution in [2.75, 3.05) is 0 Å². The second kappa shape index (κ2) is 11.8. The molecule has 11 aromatic rings. The van der Waals surface area contributed by atoms with Crippen LogP contribution in [0.5, 0.6) is 0 Å². The summed E-state index contributed by atoms with van der Waals surface area (Å²) >= 11 is 0. The van der Waals surface area contributed by atoms with E-state index >= 15 is 0 Å². The predicted octanol–water partition coefficient (Wildman–Crippen LogP) is 17.0. The Morgan fingerprint density at radius 3 is 0.948 bits per heavy atom. The summed E-state index contributed by atoms with van der Waals surface area (Å²) in [5.74, 6) is 0. The van der Waals surface area contributed by atoms with Crippen molar-refractivity contribution < 1.29 is 0 Å². The smallest absolute Gasteiger partial charge is 0.00197 e. The van der Waals surface area contributed by atoms with E-state index in [1.807, 2.05) is 0 Å². The van der Waals surface area contributed by atoms with E-state index in [0.29, 0.717) is 0 Å². The van der Waals surface area contributed by atoms with Crippen LogP contribution in [0, 0.1) is 27.7 Å². The molecule has 11 rings (SSSR count). The van der Waals surface area contributed by atoms with Crippen LogP contribution in [0.15, 0.2) is 121 Å². The van der Waals surface area contributed by atoms with Crippen molar-refractivity contribution >= 4 is 86.2 Å². The fraction of sp³-hybridized carbons (Fsp3) is 0.207. The van der Waals surface area contributed by atoms with Crippen LogP contribution in [-0.2, 0) is 10.8 Å². The summed E-state index contributed by atoms with van der Waals surface area (Å²) < 4.78 is 0. The molecule has 0 heteroatoms. The zero-order chi connectivity index (χ0) is 40.2. The molecule has 0 radical (unpaired) electrons. The quantitative estimate of drug-likeness (QED) is 0.155. The van der Waals surface area contributed by atoms with Crippen molar-refractivity contribution in [3.8, 4) is 22.3 Å². The minimum absolute atomic E-state index is 0.00120. The van der Waals surface area contributed by atoms with E-state index in [1.54, 1.807) is 0 Å². The maximum atomic E-state index is 2.54. The van der Waals surface area contributed by atoms with Gasteiger partial charge in [-0.2, -0.15) is 0 Å². The van der Waals surface area contributed by atoms with Crippen molar-refractivity contribution in [3.63, 3.8) is 0 Å². The lowest BCUT2D eigenvalue weighted by Gasteiger charge is -2.21. The Labute approximate surface area is 341 Å². The minimum atomic E-state index is -0.00120. The molecule has 0 fully saturated rings. The lowest BCUT2D eigenvalue weighted by Crippen LogP contribution is -2.10. The summed E-state index contributed by atoms with van der Waals surface area (Å²) in [5.41, 5.74) is 13.2. The first kappa shape index (κ1) is 35.2. The average Bonchev–Trinajstić information content (AvgIpc) is 3.68. The molecule has 0 aromatic heterocycles. The van der Waals surface area contributed by atoms with Crippen molar-refractivity contribution in [3.05, 3.63) is 155 Å². The van der Waals surface area contributed by atoms with Gasteiger partial charge in [-0.05, 0) is 218 Å². The maximum Gasteiger partial charge on any atom is -0.00197 e. The van der Waals surface area contributed by atoms with Gasteiger partial charge in [-0.15, -0.1) is 0 Å². The van der Waals surface area contributed by atoms with E-state index in [2.05, 4.69) is 191 Å². The lowest BCUT2D eigenvalue weighted by molar-refractivity contribution is 0.591. The van der Waals surface area contributed by atoms with Gasteiger partial charge in [-0.1, -0.05) is 125 Å². The Bertz CT molecular complexity index is 3300. The highest BCUT2D eigenvalue weighted by Crippen LogP contribution is 2.50. The number of hydrogen-bond acceptors (Lipinski definition) is 0. The van der Waals surface area contributed by atoms with Crippen LogP contribution in [0.2, 0.25) is 0 Å². The van der Waals surface area contributed by atoms with Gasteiger partial charge in [0.2, 0.25) is 0 Å². The molecule has 0 aliphatic rings. The summed E-state index contributed by atoms with van der Waals surface area (Å²) in [7, 11) is 0. The van der Waals surface area contributed by atoms with Crippen LogP contribution in [0.3, 0.4) is 0 Å². The molecule has 0 bridgehead atoms. The summed E-state index contributed by atoms with van der Waals surface area (Å²) in [5, 5.41) is 21.7. The number of fused-ring (bicyclic) bond motifs is 11. The molecule has 0 N–H and O–H groups in total.